The molecule has 0 aliphatic carbocycles. The molecule has 1 amide bonds. The second kappa shape index (κ2) is 10.2. The summed E-state index contributed by atoms with van der Waals surface area (Å²) >= 11 is 1.36. The number of carbonyl (C=O) groups excluding carboxylic acids is 1. The first-order valence-corrected chi connectivity index (χ1v) is 11.9. The molecule has 0 aromatic heterocycles. The van der Waals surface area contributed by atoms with Gasteiger partial charge >= 0.3 is 0 Å². The lowest BCUT2D eigenvalue weighted by molar-refractivity contribution is -0.113. The molecule has 0 bridgehead atoms. The van der Waals surface area contributed by atoms with Gasteiger partial charge in [0.05, 0.1) is 35.0 Å². The molecule has 1 heterocycles. The molecule has 7 heteroatoms. The maximum absolute atomic E-state index is 13.8. The van der Waals surface area contributed by atoms with Gasteiger partial charge in [-0.2, -0.15) is 0 Å². The van der Waals surface area contributed by atoms with Gasteiger partial charge in [0.15, 0.2) is 0 Å². The third-order valence-corrected chi connectivity index (χ3v) is 6.63. The molecule has 0 fully saturated rings. The Morgan fingerprint density at radius 1 is 0.971 bits per heavy atom. The van der Waals surface area contributed by atoms with Crippen LogP contribution in [0.15, 0.2) is 64.6 Å². The number of rotatable bonds is 5. The molecule has 3 aromatic rings. The molecule has 1 aliphatic heterocycles. The SMILES string of the molecule is COc1ccc(C2=Nc3cc(C)c(C)cc3N=C(SCC(=O)Nc3ccc(C)c(F)c3)C2)cc1. The largest absolute Gasteiger partial charge is 0.497 e. The van der Waals surface area contributed by atoms with Crippen molar-refractivity contribution in [3.8, 4) is 5.75 Å². The van der Waals surface area contributed by atoms with Gasteiger partial charge in [0.2, 0.25) is 5.91 Å². The summed E-state index contributed by atoms with van der Waals surface area (Å²) in [6.07, 6.45) is 0.496. The fourth-order valence-corrected chi connectivity index (χ4v) is 4.29. The summed E-state index contributed by atoms with van der Waals surface area (Å²) in [5.41, 5.74) is 6.70. The van der Waals surface area contributed by atoms with E-state index in [0.29, 0.717) is 17.7 Å². The van der Waals surface area contributed by atoms with E-state index in [1.165, 1.54) is 17.8 Å². The van der Waals surface area contributed by atoms with Crippen LogP contribution in [-0.4, -0.2) is 29.5 Å². The zero-order chi connectivity index (χ0) is 24.2. The Morgan fingerprint density at radius 3 is 2.29 bits per heavy atom. The first kappa shape index (κ1) is 23.7. The van der Waals surface area contributed by atoms with Crippen LogP contribution in [0.2, 0.25) is 0 Å². The third-order valence-electron chi connectivity index (χ3n) is 5.66. The van der Waals surface area contributed by atoms with Gasteiger partial charge < -0.3 is 10.1 Å². The highest BCUT2D eigenvalue weighted by Crippen LogP contribution is 2.36. The van der Waals surface area contributed by atoms with E-state index in [4.69, 9.17) is 14.7 Å². The average Bonchev–Trinajstić information content (AvgIpc) is 2.99. The van der Waals surface area contributed by atoms with Crippen LogP contribution < -0.4 is 10.1 Å². The number of carbonyl (C=O) groups is 1. The standard InChI is InChI=1S/C27H26FN3O2S/c1-16-5-8-20(13-22(16)28)29-26(32)15-34-27-14-23(19-6-9-21(33-4)10-7-19)30-24-11-17(2)18(3)12-25(24)31-27/h5-13H,14-15H2,1-4H3,(H,29,32). The van der Waals surface area contributed by atoms with Crippen LogP contribution in [-0.2, 0) is 4.79 Å². The van der Waals surface area contributed by atoms with Crippen LogP contribution >= 0.6 is 11.8 Å². The first-order valence-electron chi connectivity index (χ1n) is 10.9. The van der Waals surface area contributed by atoms with Crippen molar-refractivity contribution in [2.45, 2.75) is 27.2 Å². The number of ether oxygens (including phenoxy) is 1. The van der Waals surface area contributed by atoms with Crippen molar-refractivity contribution in [3.05, 3.63) is 82.7 Å². The summed E-state index contributed by atoms with van der Waals surface area (Å²) in [5, 5.41) is 3.55. The zero-order valence-electron chi connectivity index (χ0n) is 19.6. The number of amides is 1. The summed E-state index contributed by atoms with van der Waals surface area (Å²) < 4.78 is 19.1. The van der Waals surface area contributed by atoms with Gasteiger partial charge in [-0.25, -0.2) is 9.38 Å². The summed E-state index contributed by atoms with van der Waals surface area (Å²) in [5.74, 6) is 0.367. The fourth-order valence-electron chi connectivity index (χ4n) is 3.52. The molecule has 3 aromatic carbocycles. The second-order valence-electron chi connectivity index (χ2n) is 8.20. The molecule has 1 N–H and O–H groups in total. The second-order valence-corrected chi connectivity index (χ2v) is 9.24. The van der Waals surface area contributed by atoms with E-state index in [1.54, 1.807) is 26.2 Å². The smallest absolute Gasteiger partial charge is 0.234 e. The van der Waals surface area contributed by atoms with Crippen molar-refractivity contribution in [3.63, 3.8) is 0 Å². The molecule has 4 rings (SSSR count). The third kappa shape index (κ3) is 5.54. The number of fused-ring (bicyclic) bond motifs is 1. The molecule has 174 valence electrons. The van der Waals surface area contributed by atoms with E-state index >= 15 is 0 Å². The number of aliphatic imine (C=N–C) groups is 2. The van der Waals surface area contributed by atoms with E-state index in [-0.39, 0.29) is 17.5 Å². The van der Waals surface area contributed by atoms with E-state index in [1.807, 2.05) is 43.3 Å². The van der Waals surface area contributed by atoms with E-state index in [0.717, 1.165) is 44.6 Å². The predicted octanol–water partition coefficient (Wildman–Crippen LogP) is 6.69. The molecule has 34 heavy (non-hydrogen) atoms. The lowest BCUT2D eigenvalue weighted by Crippen LogP contribution is -2.16. The van der Waals surface area contributed by atoms with Crippen molar-refractivity contribution in [2.75, 3.05) is 18.2 Å². The number of hydrogen-bond donors (Lipinski definition) is 1. The molecule has 0 saturated carbocycles. The highest BCUT2D eigenvalue weighted by molar-refractivity contribution is 8.14. The molecule has 0 unspecified atom stereocenters. The Bertz CT molecular complexity index is 1300. The van der Waals surface area contributed by atoms with Crippen molar-refractivity contribution >= 4 is 45.5 Å². The van der Waals surface area contributed by atoms with Gasteiger partial charge in [0.1, 0.15) is 11.6 Å². The Kier molecular flexibility index (Phi) is 7.12. The number of nitrogens with one attached hydrogen (secondary N) is 1. The number of nitrogens with zero attached hydrogens (tertiary/aromatic N) is 2. The maximum atomic E-state index is 13.8. The number of anilines is 1. The van der Waals surface area contributed by atoms with Gasteiger partial charge in [-0.1, -0.05) is 6.07 Å². The lowest BCUT2D eigenvalue weighted by atomic mass is 10.1. The molecule has 0 saturated heterocycles. The number of aryl methyl sites for hydroxylation is 3. The Morgan fingerprint density at radius 2 is 1.65 bits per heavy atom. The minimum atomic E-state index is -0.346. The van der Waals surface area contributed by atoms with Gasteiger partial charge in [0, 0.05) is 12.1 Å². The Labute approximate surface area is 203 Å². The van der Waals surface area contributed by atoms with Crippen LogP contribution in [0.1, 0.15) is 28.7 Å². The number of thioether (sulfide) groups is 1. The first-order chi connectivity index (χ1) is 16.3. The number of methoxy groups -OCH3 is 1. The van der Waals surface area contributed by atoms with Crippen LogP contribution in [0.25, 0.3) is 0 Å². The Balaban J connectivity index is 1.57. The summed E-state index contributed by atoms with van der Waals surface area (Å²) in [4.78, 5) is 22.3. The molecular weight excluding hydrogens is 449 g/mol. The lowest BCUT2D eigenvalue weighted by Gasteiger charge is -2.09. The topological polar surface area (TPSA) is 63.1 Å². The normalized spacial score (nSPS) is 12.9. The van der Waals surface area contributed by atoms with E-state index in [2.05, 4.69) is 12.2 Å². The maximum Gasteiger partial charge on any atom is 0.234 e. The molecule has 5 nitrogen and oxygen atoms in total. The molecule has 0 spiro atoms. The highest BCUT2D eigenvalue weighted by atomic mass is 32.2. The van der Waals surface area contributed by atoms with Crippen LogP contribution in [0.4, 0.5) is 21.5 Å². The van der Waals surface area contributed by atoms with Crippen molar-refractivity contribution < 1.29 is 13.9 Å². The average molecular weight is 476 g/mol. The fraction of sp³-hybridized carbons (Fsp3) is 0.222. The van der Waals surface area contributed by atoms with Crippen molar-refractivity contribution in [2.24, 2.45) is 9.98 Å². The summed E-state index contributed by atoms with van der Waals surface area (Å²) in [6.45, 7) is 5.79. The van der Waals surface area contributed by atoms with Crippen molar-refractivity contribution in [1.29, 1.82) is 0 Å². The van der Waals surface area contributed by atoms with Crippen LogP contribution in [0.5, 0.6) is 5.75 Å². The van der Waals surface area contributed by atoms with Crippen LogP contribution in [0.3, 0.4) is 0 Å². The quantitative estimate of drug-likeness (QED) is 0.447. The highest BCUT2D eigenvalue weighted by Gasteiger charge is 2.18. The molecule has 0 atom stereocenters. The zero-order valence-corrected chi connectivity index (χ0v) is 20.4. The van der Waals surface area contributed by atoms with Gasteiger partial charge in [-0.05, 0) is 91.6 Å². The summed E-state index contributed by atoms with van der Waals surface area (Å²) in [6, 6.07) is 16.5. The van der Waals surface area contributed by atoms with E-state index in [9.17, 15) is 9.18 Å². The molecule has 0 radical (unpaired) electrons. The van der Waals surface area contributed by atoms with Gasteiger partial charge in [-0.3, -0.25) is 9.79 Å². The monoisotopic (exact) mass is 475 g/mol. The minimum Gasteiger partial charge on any atom is -0.497 e. The van der Waals surface area contributed by atoms with Crippen LogP contribution in [0, 0.1) is 26.6 Å². The predicted molar refractivity (Wildman–Crippen MR) is 139 cm³/mol. The van der Waals surface area contributed by atoms with Gasteiger partial charge in [0.25, 0.3) is 0 Å². The minimum absolute atomic E-state index is 0.157. The number of halogens is 1. The molecule has 1 aliphatic rings. The summed E-state index contributed by atoms with van der Waals surface area (Å²) in [7, 11) is 1.64. The van der Waals surface area contributed by atoms with Gasteiger partial charge in [-0.15, -0.1) is 11.8 Å². The number of hydrogen-bond acceptors (Lipinski definition) is 5. The number of benzene rings is 3. The Hall–Kier alpha value is -3.45. The van der Waals surface area contributed by atoms with E-state index < -0.39 is 0 Å². The molecular formula is C27H26FN3O2S. The van der Waals surface area contributed by atoms with Crippen molar-refractivity contribution in [1.82, 2.24) is 0 Å².